The van der Waals surface area contributed by atoms with Crippen LogP contribution in [0.25, 0.3) is 0 Å². The number of hydrogen-bond acceptors (Lipinski definition) is 4. The van der Waals surface area contributed by atoms with Gasteiger partial charge in [0.25, 0.3) is 0 Å². The third kappa shape index (κ3) is 2.09. The number of carbonyl (C=O) groups is 1. The number of ether oxygens (including phenoxy) is 1. The molecule has 4 nitrogen and oxygen atoms in total. The van der Waals surface area contributed by atoms with E-state index in [0.717, 1.165) is 0 Å². The Bertz CT molecular complexity index is 571. The van der Waals surface area contributed by atoms with E-state index >= 15 is 0 Å². The van der Waals surface area contributed by atoms with Gasteiger partial charge in [0.05, 0.1) is 16.9 Å². The minimum absolute atomic E-state index is 0.0769. The number of carbonyl (C=O) groups excluding carboxylic acids is 1. The van der Waals surface area contributed by atoms with E-state index in [2.05, 4.69) is 11.6 Å². The van der Waals surface area contributed by atoms with Gasteiger partial charge in [0, 0.05) is 5.56 Å². The first-order valence-electron chi connectivity index (χ1n) is 4.91. The predicted molar refractivity (Wildman–Crippen MR) is 66.9 cm³/mol. The Morgan fingerprint density at radius 3 is 2.94 bits per heavy atom. The van der Waals surface area contributed by atoms with Crippen LogP contribution in [0.5, 0.6) is 0 Å². The van der Waals surface area contributed by atoms with E-state index in [0.29, 0.717) is 16.1 Å². The smallest absolute Gasteiger partial charge is 0.358 e. The van der Waals surface area contributed by atoms with Crippen LogP contribution in [0.3, 0.4) is 0 Å². The number of para-hydroxylation sites is 1. The number of benzene rings is 1. The lowest BCUT2D eigenvalue weighted by Crippen LogP contribution is -2.24. The van der Waals surface area contributed by atoms with Crippen molar-refractivity contribution in [1.29, 1.82) is 0 Å². The fourth-order valence-corrected chi connectivity index (χ4v) is 1.96. The summed E-state index contributed by atoms with van der Waals surface area (Å²) in [6.45, 7) is 3.55. The highest BCUT2D eigenvalue weighted by Crippen LogP contribution is 2.26. The molecule has 0 saturated heterocycles. The maximum atomic E-state index is 11.7. The van der Waals surface area contributed by atoms with Crippen LogP contribution in [0.1, 0.15) is 5.56 Å². The van der Waals surface area contributed by atoms with Gasteiger partial charge in [-0.1, -0.05) is 30.9 Å². The molecule has 1 aromatic carbocycles. The predicted octanol–water partition coefficient (Wildman–Crippen LogP) is 1.24. The molecule has 1 aromatic rings. The Hall–Kier alpha value is -2.01. The maximum Gasteiger partial charge on any atom is 0.358 e. The van der Waals surface area contributed by atoms with Gasteiger partial charge in [-0.05, 0) is 6.07 Å². The second-order valence-corrected chi connectivity index (χ2v) is 3.85. The van der Waals surface area contributed by atoms with E-state index in [1.54, 1.807) is 24.3 Å². The number of aliphatic imine (C=N–C) groups is 1. The van der Waals surface area contributed by atoms with Crippen LogP contribution in [-0.2, 0) is 20.8 Å². The third-order valence-corrected chi connectivity index (χ3v) is 2.78. The highest BCUT2D eigenvalue weighted by Gasteiger charge is 2.28. The van der Waals surface area contributed by atoms with Crippen molar-refractivity contribution in [1.82, 2.24) is 0 Å². The number of rotatable bonds is 3. The minimum atomic E-state index is -0.598. The molecule has 0 N–H and O–H groups in total. The van der Waals surface area contributed by atoms with Crippen LogP contribution < -0.4 is 0 Å². The molecule has 17 heavy (non-hydrogen) atoms. The summed E-state index contributed by atoms with van der Waals surface area (Å²) in [6, 6.07) is 7.10. The molecule has 0 saturated carbocycles. The molecular formula is C12H9NO3S. The van der Waals surface area contributed by atoms with Gasteiger partial charge in [-0.15, -0.1) is 0 Å². The summed E-state index contributed by atoms with van der Waals surface area (Å²) < 4.78 is 15.9. The van der Waals surface area contributed by atoms with Gasteiger partial charge in [0.2, 0.25) is 0 Å². The van der Waals surface area contributed by atoms with Crippen molar-refractivity contribution in [2.45, 2.75) is 0 Å². The first-order chi connectivity index (χ1) is 8.27. The van der Waals surface area contributed by atoms with Crippen molar-refractivity contribution in [3.63, 3.8) is 0 Å². The number of esters is 1. The summed E-state index contributed by atoms with van der Waals surface area (Å²) in [4.78, 5) is 16.1. The van der Waals surface area contributed by atoms with E-state index in [-0.39, 0.29) is 23.6 Å². The molecule has 0 atom stereocenters. The van der Waals surface area contributed by atoms with E-state index in [4.69, 9.17) is 4.74 Å². The van der Waals surface area contributed by atoms with Crippen molar-refractivity contribution in [2.24, 2.45) is 4.99 Å². The number of nitrogens with zero attached hydrogens (tertiary/aromatic N) is 1. The monoisotopic (exact) mass is 247 g/mol. The van der Waals surface area contributed by atoms with Gasteiger partial charge < -0.3 is 4.74 Å². The summed E-state index contributed by atoms with van der Waals surface area (Å²) in [7, 11) is 0. The first kappa shape index (κ1) is 11.5. The van der Waals surface area contributed by atoms with Gasteiger partial charge in [-0.3, -0.25) is 0 Å². The van der Waals surface area contributed by atoms with Crippen LogP contribution in [0.4, 0.5) is 5.69 Å². The van der Waals surface area contributed by atoms with Crippen molar-refractivity contribution in [3.8, 4) is 0 Å². The molecule has 0 bridgehead atoms. The van der Waals surface area contributed by atoms with Gasteiger partial charge in [-0.25, -0.2) is 14.0 Å². The van der Waals surface area contributed by atoms with E-state index in [1.165, 1.54) is 6.08 Å². The number of hydrogen-bond donors (Lipinski definition) is 0. The zero-order valence-corrected chi connectivity index (χ0v) is 9.70. The fraction of sp³-hybridized carbons (Fsp3) is 0.0833. The Labute approximate surface area is 102 Å². The molecule has 0 aromatic heterocycles. The molecule has 0 spiro atoms. The van der Waals surface area contributed by atoms with Gasteiger partial charge in [-0.2, -0.15) is 0 Å². The lowest BCUT2D eigenvalue weighted by Gasteiger charge is -2.00. The second kappa shape index (κ2) is 4.88. The average molecular weight is 247 g/mol. The lowest BCUT2D eigenvalue weighted by molar-refractivity contribution is -0.134. The normalized spacial score (nSPS) is 12.7. The van der Waals surface area contributed by atoms with E-state index in [9.17, 15) is 9.00 Å². The van der Waals surface area contributed by atoms with Crippen LogP contribution in [0, 0.1) is 0 Å². The Kier molecular flexibility index (Phi) is 3.30. The summed E-state index contributed by atoms with van der Waals surface area (Å²) >= 11 is 0.254. The van der Waals surface area contributed by atoms with Crippen LogP contribution in [0.2, 0.25) is 0 Å². The molecule has 86 valence electrons. The van der Waals surface area contributed by atoms with Crippen molar-refractivity contribution >= 4 is 33.5 Å². The fourth-order valence-electron chi connectivity index (χ4n) is 1.49. The molecular weight excluding hydrogens is 238 g/mol. The Morgan fingerprint density at radius 2 is 2.24 bits per heavy atom. The summed E-state index contributed by atoms with van der Waals surface area (Å²) in [6.07, 6.45) is 1.46. The van der Waals surface area contributed by atoms with E-state index < -0.39 is 5.97 Å². The summed E-state index contributed by atoms with van der Waals surface area (Å²) in [5, 5.41) is 0. The first-order valence-corrected chi connectivity index (χ1v) is 5.65. The standard InChI is InChI=1S/C12H9NO3S/c1-2-7-16-12(14)10-11(17-15)8-5-3-4-6-9(8)13-10/h2-6H,1,7H2. The largest absolute Gasteiger partial charge is 0.457 e. The van der Waals surface area contributed by atoms with Gasteiger partial charge in [0.15, 0.2) is 5.71 Å². The number of fused-ring (bicyclic) bond motifs is 1. The zero-order chi connectivity index (χ0) is 12.3. The minimum Gasteiger partial charge on any atom is -0.457 e. The molecule has 0 amide bonds. The van der Waals surface area contributed by atoms with E-state index in [1.807, 2.05) is 0 Å². The van der Waals surface area contributed by atoms with Crippen molar-refractivity contribution in [2.75, 3.05) is 6.61 Å². The molecule has 0 unspecified atom stereocenters. The molecule has 2 rings (SSSR count). The Balaban J connectivity index is 2.36. The van der Waals surface area contributed by atoms with Crippen LogP contribution in [0.15, 0.2) is 41.9 Å². The molecule has 0 fully saturated rings. The molecule has 0 aliphatic carbocycles. The molecule has 0 radical (unpaired) electrons. The second-order valence-electron chi connectivity index (χ2n) is 3.28. The highest BCUT2D eigenvalue weighted by atomic mass is 32.1. The van der Waals surface area contributed by atoms with Crippen molar-refractivity contribution in [3.05, 3.63) is 42.5 Å². The lowest BCUT2D eigenvalue weighted by atomic mass is 10.1. The summed E-state index contributed by atoms with van der Waals surface area (Å²) in [5.74, 6) is -0.598. The molecule has 1 heterocycles. The molecule has 5 heteroatoms. The van der Waals surface area contributed by atoms with Crippen molar-refractivity contribution < 1.29 is 13.7 Å². The zero-order valence-electron chi connectivity index (χ0n) is 8.88. The van der Waals surface area contributed by atoms with Gasteiger partial charge >= 0.3 is 5.97 Å². The van der Waals surface area contributed by atoms with Crippen LogP contribution in [-0.4, -0.2) is 27.4 Å². The quantitative estimate of drug-likeness (QED) is 0.458. The maximum absolute atomic E-state index is 11.7. The molecule has 1 aliphatic heterocycles. The summed E-state index contributed by atoms with van der Waals surface area (Å²) in [5.41, 5.74) is 1.38. The third-order valence-electron chi connectivity index (χ3n) is 2.20. The molecule has 1 aliphatic rings. The SMILES string of the molecule is C=CCOC(=O)C1=Nc2ccccc2C1=S=O. The van der Waals surface area contributed by atoms with Crippen LogP contribution >= 0.6 is 0 Å². The van der Waals surface area contributed by atoms with Gasteiger partial charge in [0.1, 0.15) is 11.5 Å². The topological polar surface area (TPSA) is 55.7 Å². The average Bonchev–Trinajstić information content (AvgIpc) is 2.74. The Morgan fingerprint density at radius 1 is 1.47 bits per heavy atom. The highest BCUT2D eigenvalue weighted by molar-refractivity contribution is 7.69.